The summed E-state index contributed by atoms with van der Waals surface area (Å²) in [6.07, 6.45) is -1.17. The molecule has 0 atom stereocenters. The van der Waals surface area contributed by atoms with Gasteiger partial charge in [-0.3, -0.25) is 0 Å². The van der Waals surface area contributed by atoms with E-state index in [-0.39, 0.29) is 18.8 Å². The van der Waals surface area contributed by atoms with Gasteiger partial charge in [-0.05, 0) is 28.1 Å². The molecule has 24 heavy (non-hydrogen) atoms. The molecular weight excluding hydrogens is 374 g/mol. The highest BCUT2D eigenvalue weighted by atomic mass is 79.9. The number of carbonyl (C=O) groups is 1. The van der Waals surface area contributed by atoms with Crippen molar-refractivity contribution < 1.29 is 19.7 Å². The summed E-state index contributed by atoms with van der Waals surface area (Å²) in [6, 6.07) is 14.8. The molecule has 5 nitrogen and oxygen atoms in total. The maximum absolute atomic E-state index is 11.2. The first-order valence-corrected chi connectivity index (χ1v) is 8.09. The number of halogens is 1. The molecule has 3 rings (SSSR count). The Balaban J connectivity index is 2.39. The fourth-order valence-electron chi connectivity index (χ4n) is 2.66. The normalized spacial score (nSPS) is 10.8. The minimum atomic E-state index is -1.41. The van der Waals surface area contributed by atoms with Crippen LogP contribution in [0.3, 0.4) is 0 Å². The van der Waals surface area contributed by atoms with Crippen molar-refractivity contribution in [3.63, 3.8) is 0 Å². The van der Waals surface area contributed by atoms with E-state index in [2.05, 4.69) is 20.9 Å². The van der Waals surface area contributed by atoms with Crippen molar-refractivity contribution in [2.45, 2.75) is 6.42 Å². The van der Waals surface area contributed by atoms with Gasteiger partial charge in [-0.25, -0.2) is 9.78 Å². The van der Waals surface area contributed by atoms with Crippen molar-refractivity contribution in [3.05, 3.63) is 58.6 Å². The second kappa shape index (κ2) is 6.98. The molecule has 1 aromatic heterocycles. The number of carboxylic acid groups (broad SMARTS) is 1. The van der Waals surface area contributed by atoms with Crippen molar-refractivity contribution in [3.8, 4) is 17.0 Å². The molecule has 0 radical (unpaired) electrons. The second-order valence-corrected chi connectivity index (χ2v) is 5.96. The van der Waals surface area contributed by atoms with Crippen LogP contribution in [0, 0.1) is 0 Å². The van der Waals surface area contributed by atoms with E-state index < -0.39 is 6.16 Å². The number of rotatable bonds is 4. The zero-order chi connectivity index (χ0) is 17.1. The Morgan fingerprint density at radius 3 is 2.54 bits per heavy atom. The summed E-state index contributed by atoms with van der Waals surface area (Å²) in [5.74, 6) is 0.202. The Bertz CT molecular complexity index is 896. The zero-order valence-corrected chi connectivity index (χ0v) is 14.2. The lowest BCUT2D eigenvalue weighted by Crippen LogP contribution is -2.09. The van der Waals surface area contributed by atoms with Crippen LogP contribution in [0.1, 0.15) is 5.56 Å². The molecular formula is C18H14BrNO4. The molecule has 1 heterocycles. The van der Waals surface area contributed by atoms with Crippen molar-refractivity contribution in [2.24, 2.45) is 0 Å². The Morgan fingerprint density at radius 1 is 1.12 bits per heavy atom. The fourth-order valence-corrected chi connectivity index (χ4v) is 3.19. The molecule has 0 saturated carbocycles. The summed E-state index contributed by atoms with van der Waals surface area (Å²) in [6.45, 7) is -0.145. The smallest absolute Gasteiger partial charge is 0.449 e. The van der Waals surface area contributed by atoms with Gasteiger partial charge in [-0.2, -0.15) is 0 Å². The van der Waals surface area contributed by atoms with Gasteiger partial charge < -0.3 is 14.9 Å². The van der Waals surface area contributed by atoms with Crippen LogP contribution in [0.15, 0.2) is 53.0 Å². The van der Waals surface area contributed by atoms with Gasteiger partial charge >= 0.3 is 6.16 Å². The van der Waals surface area contributed by atoms with Gasteiger partial charge in [0.25, 0.3) is 0 Å². The first-order valence-electron chi connectivity index (χ1n) is 7.30. The Hall–Kier alpha value is -2.44. The van der Waals surface area contributed by atoms with Crippen molar-refractivity contribution >= 4 is 33.0 Å². The number of aliphatic hydroxyl groups is 1. The molecule has 3 aromatic rings. The summed E-state index contributed by atoms with van der Waals surface area (Å²) < 4.78 is 5.77. The van der Waals surface area contributed by atoms with E-state index in [1.54, 1.807) is 12.1 Å². The van der Waals surface area contributed by atoms with E-state index in [1.165, 1.54) is 0 Å². The number of hydrogen-bond acceptors (Lipinski definition) is 4. The highest BCUT2D eigenvalue weighted by Crippen LogP contribution is 2.39. The Labute approximate surface area is 146 Å². The largest absolute Gasteiger partial charge is 0.511 e. The van der Waals surface area contributed by atoms with E-state index >= 15 is 0 Å². The van der Waals surface area contributed by atoms with Gasteiger partial charge in [0.2, 0.25) is 0 Å². The van der Waals surface area contributed by atoms with E-state index in [4.69, 9.17) is 9.84 Å². The summed E-state index contributed by atoms with van der Waals surface area (Å²) >= 11 is 3.43. The maximum atomic E-state index is 11.2. The summed E-state index contributed by atoms with van der Waals surface area (Å²) in [7, 11) is 0. The monoisotopic (exact) mass is 387 g/mol. The summed E-state index contributed by atoms with van der Waals surface area (Å²) in [5, 5.41) is 19.2. The molecule has 0 spiro atoms. The van der Waals surface area contributed by atoms with Gasteiger partial charge in [-0.15, -0.1) is 0 Å². The number of pyridine rings is 1. The minimum absolute atomic E-state index is 0.145. The molecule has 0 saturated heterocycles. The second-order valence-electron chi connectivity index (χ2n) is 5.11. The molecule has 0 unspecified atom stereocenters. The molecule has 0 fully saturated rings. The van der Waals surface area contributed by atoms with E-state index in [0.717, 1.165) is 5.56 Å². The van der Waals surface area contributed by atoms with Crippen LogP contribution in [0.25, 0.3) is 22.2 Å². The summed E-state index contributed by atoms with van der Waals surface area (Å²) in [4.78, 5) is 15.9. The average molecular weight is 388 g/mol. The molecule has 0 amide bonds. The van der Waals surface area contributed by atoms with E-state index in [1.807, 2.05) is 36.4 Å². The fraction of sp³-hybridized carbons (Fsp3) is 0.111. The van der Waals surface area contributed by atoms with Crippen LogP contribution in [-0.2, 0) is 6.42 Å². The molecule has 0 aliphatic heterocycles. The number of nitrogens with zero attached hydrogens (tertiary/aromatic N) is 1. The van der Waals surface area contributed by atoms with E-state index in [0.29, 0.717) is 26.6 Å². The van der Waals surface area contributed by atoms with Crippen LogP contribution in [0.2, 0.25) is 0 Å². The topological polar surface area (TPSA) is 79.7 Å². The highest BCUT2D eigenvalue weighted by Gasteiger charge is 2.21. The summed E-state index contributed by atoms with van der Waals surface area (Å²) in [5.41, 5.74) is 2.61. The van der Waals surface area contributed by atoms with Gasteiger partial charge in [-0.1, -0.05) is 36.4 Å². The Morgan fingerprint density at radius 2 is 1.88 bits per heavy atom. The lowest BCUT2D eigenvalue weighted by molar-refractivity contribution is 0.144. The van der Waals surface area contributed by atoms with Crippen molar-refractivity contribution in [1.29, 1.82) is 0 Å². The molecule has 0 bridgehead atoms. The number of aliphatic hydroxyl groups excluding tert-OH is 1. The van der Waals surface area contributed by atoms with Gasteiger partial charge in [0.1, 0.15) is 0 Å². The lowest BCUT2D eigenvalue weighted by Gasteiger charge is -2.16. The molecule has 0 aliphatic rings. The first-order chi connectivity index (χ1) is 11.6. The average Bonchev–Trinajstić information content (AvgIpc) is 2.57. The Kier molecular flexibility index (Phi) is 4.78. The SMILES string of the molecule is O=C(O)Oc1c(CCO)c(-c2ccccc2)nc2cccc(Br)c12. The third-order valence-electron chi connectivity index (χ3n) is 3.61. The third kappa shape index (κ3) is 3.11. The molecule has 2 aromatic carbocycles. The zero-order valence-electron chi connectivity index (χ0n) is 12.6. The van der Waals surface area contributed by atoms with Gasteiger partial charge in [0.05, 0.1) is 16.6 Å². The third-order valence-corrected chi connectivity index (χ3v) is 4.27. The highest BCUT2D eigenvalue weighted by molar-refractivity contribution is 9.10. The van der Waals surface area contributed by atoms with Gasteiger partial charge in [0, 0.05) is 28.6 Å². The van der Waals surface area contributed by atoms with Crippen molar-refractivity contribution in [2.75, 3.05) is 6.61 Å². The lowest BCUT2D eigenvalue weighted by atomic mass is 9.99. The predicted octanol–water partition coefficient (Wildman–Crippen LogP) is 4.26. The number of benzene rings is 2. The number of aromatic nitrogens is 1. The maximum Gasteiger partial charge on any atom is 0.511 e. The van der Waals surface area contributed by atoms with Crippen LogP contribution >= 0.6 is 15.9 Å². The number of hydrogen-bond donors (Lipinski definition) is 2. The first kappa shape index (κ1) is 16.4. The number of fused-ring (bicyclic) bond motifs is 1. The number of ether oxygens (including phenoxy) is 1. The predicted molar refractivity (Wildman–Crippen MR) is 94.3 cm³/mol. The molecule has 122 valence electrons. The molecule has 0 aliphatic carbocycles. The van der Waals surface area contributed by atoms with Crippen LogP contribution in [0.4, 0.5) is 4.79 Å². The van der Waals surface area contributed by atoms with Gasteiger partial charge in [0.15, 0.2) is 5.75 Å². The van der Waals surface area contributed by atoms with Crippen LogP contribution < -0.4 is 4.74 Å². The van der Waals surface area contributed by atoms with Crippen LogP contribution in [0.5, 0.6) is 5.75 Å². The standard InChI is InChI=1S/C18H14BrNO4/c19-13-7-4-8-14-15(13)17(24-18(22)23)12(9-10-21)16(20-14)11-5-2-1-3-6-11/h1-8,21H,9-10H2,(H,22,23). The minimum Gasteiger partial charge on any atom is -0.449 e. The molecule has 6 heteroatoms. The van der Waals surface area contributed by atoms with Crippen LogP contribution in [-0.4, -0.2) is 28.0 Å². The quantitative estimate of drug-likeness (QED) is 0.653. The molecule has 2 N–H and O–H groups in total. The van der Waals surface area contributed by atoms with E-state index in [9.17, 15) is 9.90 Å². The van der Waals surface area contributed by atoms with Crippen molar-refractivity contribution in [1.82, 2.24) is 4.98 Å².